The highest BCUT2D eigenvalue weighted by atomic mass is 32.2. The Morgan fingerprint density at radius 1 is 1.29 bits per heavy atom. The molecule has 9 heteroatoms. The number of hydrogen-bond acceptors (Lipinski definition) is 4. The van der Waals surface area contributed by atoms with E-state index < -0.39 is 16.2 Å². The summed E-state index contributed by atoms with van der Waals surface area (Å²) in [6.07, 6.45) is -4.09. The molecule has 1 heterocycles. The minimum Gasteiger partial charge on any atom is -0.406 e. The number of ether oxygens (including phenoxy) is 1. The first-order valence-corrected chi connectivity index (χ1v) is 9.15. The van der Waals surface area contributed by atoms with Crippen molar-refractivity contribution in [3.05, 3.63) is 29.8 Å². The van der Waals surface area contributed by atoms with Gasteiger partial charge in [0.25, 0.3) is 0 Å². The van der Waals surface area contributed by atoms with E-state index in [9.17, 15) is 26.4 Å². The first-order valence-electron chi connectivity index (χ1n) is 7.33. The molecule has 1 aromatic carbocycles. The molecule has 0 aromatic heterocycles. The van der Waals surface area contributed by atoms with Gasteiger partial charge in [0.1, 0.15) is 5.75 Å². The molecule has 2 rings (SSSR count). The maximum atomic E-state index is 12.1. The van der Waals surface area contributed by atoms with Gasteiger partial charge in [-0.15, -0.1) is 13.2 Å². The zero-order chi connectivity index (χ0) is 18.0. The molecule has 1 aliphatic heterocycles. The average Bonchev–Trinajstić information content (AvgIpc) is 2.78. The Hall–Kier alpha value is -1.77. The maximum Gasteiger partial charge on any atom is 0.573 e. The SMILES string of the molecule is CN(Cc1ccc(OC(F)(F)F)cc1)C(=O)CC1CCS(=O)(=O)C1. The molecule has 0 aliphatic carbocycles. The monoisotopic (exact) mass is 365 g/mol. The molecule has 5 nitrogen and oxygen atoms in total. The van der Waals surface area contributed by atoms with Gasteiger partial charge in [0.05, 0.1) is 11.5 Å². The first kappa shape index (κ1) is 18.6. The Morgan fingerprint density at radius 3 is 2.42 bits per heavy atom. The normalized spacial score (nSPS) is 19.9. The third kappa shape index (κ3) is 5.70. The topological polar surface area (TPSA) is 63.7 Å². The number of benzene rings is 1. The van der Waals surface area contributed by atoms with E-state index in [0.717, 1.165) is 0 Å². The van der Waals surface area contributed by atoms with Crippen molar-refractivity contribution in [2.45, 2.75) is 25.7 Å². The number of rotatable bonds is 5. The van der Waals surface area contributed by atoms with E-state index in [-0.39, 0.29) is 42.0 Å². The van der Waals surface area contributed by atoms with Crippen LogP contribution >= 0.6 is 0 Å². The fourth-order valence-electron chi connectivity index (χ4n) is 2.59. The van der Waals surface area contributed by atoms with Crippen molar-refractivity contribution in [3.8, 4) is 5.75 Å². The van der Waals surface area contributed by atoms with E-state index in [4.69, 9.17) is 0 Å². The lowest BCUT2D eigenvalue weighted by molar-refractivity contribution is -0.274. The largest absolute Gasteiger partial charge is 0.573 e. The molecule has 1 unspecified atom stereocenters. The van der Waals surface area contributed by atoms with Crippen molar-refractivity contribution in [1.82, 2.24) is 4.90 Å². The summed E-state index contributed by atoms with van der Waals surface area (Å²) in [5.41, 5.74) is 0.652. The number of halogens is 3. The van der Waals surface area contributed by atoms with Crippen LogP contribution in [-0.2, 0) is 21.2 Å². The van der Waals surface area contributed by atoms with Crippen molar-refractivity contribution in [2.75, 3.05) is 18.6 Å². The highest BCUT2D eigenvalue weighted by Crippen LogP contribution is 2.24. The van der Waals surface area contributed by atoms with Crippen LogP contribution in [0.2, 0.25) is 0 Å². The zero-order valence-electron chi connectivity index (χ0n) is 13.0. The molecule has 24 heavy (non-hydrogen) atoms. The molecule has 1 fully saturated rings. The number of alkyl halides is 3. The predicted molar refractivity (Wildman–Crippen MR) is 81.0 cm³/mol. The molecule has 1 saturated heterocycles. The molecule has 1 aliphatic rings. The summed E-state index contributed by atoms with van der Waals surface area (Å²) in [5, 5.41) is 0. The lowest BCUT2D eigenvalue weighted by atomic mass is 10.0. The third-order valence-corrected chi connectivity index (χ3v) is 5.63. The Morgan fingerprint density at radius 2 is 1.92 bits per heavy atom. The molecule has 0 radical (unpaired) electrons. The van der Waals surface area contributed by atoms with Gasteiger partial charge in [-0.05, 0) is 30.0 Å². The highest BCUT2D eigenvalue weighted by Gasteiger charge is 2.31. The van der Waals surface area contributed by atoms with E-state index in [1.165, 1.54) is 29.2 Å². The molecule has 1 aromatic rings. The van der Waals surface area contributed by atoms with Gasteiger partial charge >= 0.3 is 6.36 Å². The molecule has 134 valence electrons. The lowest BCUT2D eigenvalue weighted by Crippen LogP contribution is -2.28. The van der Waals surface area contributed by atoms with Gasteiger partial charge < -0.3 is 9.64 Å². The second-order valence-electron chi connectivity index (χ2n) is 5.91. The summed E-state index contributed by atoms with van der Waals surface area (Å²) in [6.45, 7) is 0.227. The maximum absolute atomic E-state index is 12.1. The summed E-state index contributed by atoms with van der Waals surface area (Å²) in [7, 11) is -1.45. The number of hydrogen-bond donors (Lipinski definition) is 0. The van der Waals surface area contributed by atoms with Crippen LogP contribution in [0.15, 0.2) is 24.3 Å². The molecule has 0 bridgehead atoms. The van der Waals surface area contributed by atoms with Gasteiger partial charge in [-0.25, -0.2) is 8.42 Å². The molecule has 1 amide bonds. The van der Waals surface area contributed by atoms with Crippen molar-refractivity contribution in [3.63, 3.8) is 0 Å². The summed E-state index contributed by atoms with van der Waals surface area (Å²) >= 11 is 0. The predicted octanol–water partition coefficient (Wildman–Crippen LogP) is 2.37. The molecular formula is C15H18F3NO4S. The van der Waals surface area contributed by atoms with Crippen LogP contribution in [0.5, 0.6) is 5.75 Å². The Balaban J connectivity index is 1.87. The molecule has 0 saturated carbocycles. The minimum atomic E-state index is -4.74. The second-order valence-corrected chi connectivity index (χ2v) is 8.14. The van der Waals surface area contributed by atoms with Crippen molar-refractivity contribution in [1.29, 1.82) is 0 Å². The van der Waals surface area contributed by atoms with E-state index in [1.54, 1.807) is 7.05 Å². The van der Waals surface area contributed by atoms with E-state index in [0.29, 0.717) is 12.0 Å². The molecular weight excluding hydrogens is 347 g/mol. The van der Waals surface area contributed by atoms with Crippen molar-refractivity contribution < 1.29 is 31.1 Å². The summed E-state index contributed by atoms with van der Waals surface area (Å²) in [4.78, 5) is 13.6. The smallest absolute Gasteiger partial charge is 0.406 e. The van der Waals surface area contributed by atoms with Gasteiger partial charge in [-0.3, -0.25) is 4.79 Å². The van der Waals surface area contributed by atoms with Crippen LogP contribution in [0.25, 0.3) is 0 Å². The van der Waals surface area contributed by atoms with E-state index in [1.807, 2.05) is 0 Å². The summed E-state index contributed by atoms with van der Waals surface area (Å²) in [6, 6.07) is 5.27. The van der Waals surface area contributed by atoms with Crippen molar-refractivity contribution >= 4 is 15.7 Å². The second kappa shape index (κ2) is 7.00. The van der Waals surface area contributed by atoms with Crippen LogP contribution in [0.3, 0.4) is 0 Å². The van der Waals surface area contributed by atoms with Gasteiger partial charge in [0.15, 0.2) is 9.84 Å². The molecule has 1 atom stereocenters. The van der Waals surface area contributed by atoms with Crippen LogP contribution in [0.1, 0.15) is 18.4 Å². The molecule has 0 spiro atoms. The van der Waals surface area contributed by atoms with Gasteiger partial charge in [0, 0.05) is 20.0 Å². The lowest BCUT2D eigenvalue weighted by Gasteiger charge is -2.19. The van der Waals surface area contributed by atoms with Gasteiger partial charge in [0.2, 0.25) is 5.91 Å². The standard InChI is InChI=1S/C15H18F3NO4S/c1-19(14(20)8-12-6-7-24(21,22)10-12)9-11-2-4-13(5-3-11)23-15(16,17)18/h2-5,12H,6-10H2,1H3. The average molecular weight is 365 g/mol. The number of carbonyl (C=O) groups excluding carboxylic acids is 1. The van der Waals surface area contributed by atoms with Crippen LogP contribution < -0.4 is 4.74 Å². The Labute approximate surface area is 138 Å². The highest BCUT2D eigenvalue weighted by molar-refractivity contribution is 7.91. The zero-order valence-corrected chi connectivity index (χ0v) is 13.9. The third-order valence-electron chi connectivity index (χ3n) is 3.79. The summed E-state index contributed by atoms with van der Waals surface area (Å²) < 4.78 is 62.8. The summed E-state index contributed by atoms with van der Waals surface area (Å²) in [5.74, 6) is -0.512. The Bertz CT molecular complexity index is 686. The molecule has 0 N–H and O–H groups in total. The number of carbonyl (C=O) groups is 1. The van der Waals surface area contributed by atoms with E-state index >= 15 is 0 Å². The van der Waals surface area contributed by atoms with Gasteiger partial charge in [-0.1, -0.05) is 12.1 Å². The van der Waals surface area contributed by atoms with Crippen LogP contribution in [0, 0.1) is 5.92 Å². The van der Waals surface area contributed by atoms with Crippen molar-refractivity contribution in [2.24, 2.45) is 5.92 Å². The number of nitrogens with zero attached hydrogens (tertiary/aromatic N) is 1. The Kier molecular flexibility index (Phi) is 5.42. The quantitative estimate of drug-likeness (QED) is 0.804. The first-order chi connectivity index (χ1) is 11.0. The van der Waals surface area contributed by atoms with Gasteiger partial charge in [-0.2, -0.15) is 0 Å². The van der Waals surface area contributed by atoms with Crippen LogP contribution in [-0.4, -0.2) is 44.1 Å². The number of amides is 1. The number of sulfone groups is 1. The fourth-order valence-corrected chi connectivity index (χ4v) is 4.46. The fraction of sp³-hybridized carbons (Fsp3) is 0.533. The minimum absolute atomic E-state index is 0.0378. The van der Waals surface area contributed by atoms with E-state index in [2.05, 4.69) is 4.74 Å². The van der Waals surface area contributed by atoms with Crippen LogP contribution in [0.4, 0.5) is 13.2 Å².